The third kappa shape index (κ3) is 32.7. The van der Waals surface area contributed by atoms with Crippen molar-refractivity contribution in [1.82, 2.24) is 0 Å². The Balaban J connectivity index is 6.92. The first-order valence-corrected chi connectivity index (χ1v) is 66.1. The molecule has 0 aliphatic carbocycles. The molecular weight excluding hydrogens is 1130 g/mol. The second-order valence-electron chi connectivity index (χ2n) is 27.6. The highest BCUT2D eigenvalue weighted by atomic mass is 28.6. The second kappa shape index (κ2) is 25.4. The highest BCUT2D eigenvalue weighted by Crippen LogP contribution is 2.37. The van der Waals surface area contributed by atoms with Gasteiger partial charge in [0.25, 0.3) is 0 Å². The van der Waals surface area contributed by atoms with Crippen LogP contribution in [0.1, 0.15) is 25.7 Å². The van der Waals surface area contributed by atoms with E-state index in [0.717, 1.165) is 0 Å². The molecule has 0 bridgehead atoms. The number of carboxylic acids is 2. The first kappa shape index (κ1) is 71.2. The van der Waals surface area contributed by atoms with Crippen molar-refractivity contribution in [3.63, 3.8) is 0 Å². The van der Waals surface area contributed by atoms with Gasteiger partial charge in [-0.2, -0.15) is 0 Å². The Labute approximate surface area is 442 Å². The van der Waals surface area contributed by atoms with Gasteiger partial charge in [0.2, 0.25) is 0 Å². The van der Waals surface area contributed by atoms with E-state index in [1.54, 1.807) is 0 Å². The molecule has 0 saturated heterocycles. The smallest absolute Gasteiger partial charge is 0.478 e. The number of carbonyl (C=O) groups is 2. The van der Waals surface area contributed by atoms with E-state index in [1.165, 1.54) is 0 Å². The van der Waals surface area contributed by atoms with Crippen molar-refractivity contribution < 1.29 is 69.2 Å². The van der Waals surface area contributed by atoms with Crippen molar-refractivity contribution >= 4 is 131 Å². The van der Waals surface area contributed by atoms with E-state index in [0.29, 0.717) is 24.9 Å². The first-order valence-electron chi connectivity index (χ1n) is 24.9. The van der Waals surface area contributed by atoms with Gasteiger partial charge in [-0.1, -0.05) is 0 Å². The zero-order valence-electron chi connectivity index (χ0n) is 49.9. The van der Waals surface area contributed by atoms with Crippen LogP contribution in [0.4, 0.5) is 0 Å². The van der Waals surface area contributed by atoms with Crippen LogP contribution in [0.2, 0.25) is 208 Å². The minimum Gasteiger partial charge on any atom is -0.478 e. The van der Waals surface area contributed by atoms with Crippen LogP contribution in [0.5, 0.6) is 0 Å². The summed E-state index contributed by atoms with van der Waals surface area (Å²) >= 11 is 0. The van der Waals surface area contributed by atoms with Crippen molar-refractivity contribution in [3.05, 3.63) is 11.1 Å². The largest absolute Gasteiger partial charge is 0.640 e. The van der Waals surface area contributed by atoms with E-state index >= 15 is 0 Å². The number of carboxylic acid groups (broad SMARTS) is 2. The fraction of sp³-hybridized carbons (Fsp3) is 0.900. The normalized spacial score (nSPS) is 17.0. The zero-order chi connectivity index (χ0) is 56.0. The topological polar surface area (TPSA) is 185 Å². The highest BCUT2D eigenvalue weighted by Gasteiger charge is 2.62. The average Bonchev–Trinajstić information content (AvgIpc) is 2.92. The van der Waals surface area contributed by atoms with Crippen LogP contribution in [0.25, 0.3) is 0 Å². The molecule has 2 atom stereocenters. The third-order valence-electron chi connectivity index (χ3n) is 8.41. The molecule has 0 aromatic carbocycles. The van der Waals surface area contributed by atoms with Crippen LogP contribution < -0.4 is 0 Å². The molecule has 0 fully saturated rings. The predicted molar refractivity (Wildman–Crippen MR) is 320 cm³/mol. The van der Waals surface area contributed by atoms with Gasteiger partial charge in [0.05, 0.1) is 0 Å². The molecular formula is C40H104O16Si14. The maximum absolute atomic E-state index is 12.9. The van der Waals surface area contributed by atoms with E-state index in [4.69, 9.17) is 49.4 Å². The Kier molecular flexibility index (Phi) is 25.8. The molecule has 2 N–H and O–H groups in total. The predicted octanol–water partition coefficient (Wildman–Crippen LogP) is 13.3. The lowest BCUT2D eigenvalue weighted by Crippen LogP contribution is -2.69. The minimum atomic E-state index is -3.85. The number of hydrogen-bond acceptors (Lipinski definition) is 14. The lowest BCUT2D eigenvalue weighted by molar-refractivity contribution is -0.136. The molecule has 0 aromatic rings. The molecule has 0 amide bonds. The summed E-state index contributed by atoms with van der Waals surface area (Å²) < 4.78 is 83.6. The maximum Gasteiger partial charge on any atom is 0.640 e. The van der Waals surface area contributed by atoms with Crippen molar-refractivity contribution in [2.24, 2.45) is 0 Å². The number of rotatable bonds is 34. The van der Waals surface area contributed by atoms with Crippen molar-refractivity contribution in [2.45, 2.75) is 234 Å². The highest BCUT2D eigenvalue weighted by molar-refractivity contribution is 6.95. The van der Waals surface area contributed by atoms with E-state index in [-0.39, 0.29) is 24.0 Å². The van der Waals surface area contributed by atoms with Gasteiger partial charge in [-0.3, -0.25) is 0 Å². The monoisotopic (exact) mass is 1230 g/mol. The van der Waals surface area contributed by atoms with E-state index < -0.39 is 131 Å². The molecule has 0 saturated carbocycles. The fourth-order valence-electron chi connectivity index (χ4n) is 7.45. The van der Waals surface area contributed by atoms with E-state index in [1.807, 2.05) is 13.1 Å². The molecule has 16 nitrogen and oxygen atoms in total. The van der Waals surface area contributed by atoms with Crippen LogP contribution >= 0.6 is 0 Å². The molecule has 0 radical (unpaired) electrons. The summed E-state index contributed by atoms with van der Waals surface area (Å²) in [5, 5.41) is 21.1. The maximum atomic E-state index is 12.9. The Hall–Kier alpha value is 1.24. The second-order valence-corrected chi connectivity index (χ2v) is 84.7. The number of aliphatic carboxylic acids is 2. The van der Waals surface area contributed by atoms with Crippen molar-refractivity contribution in [1.29, 1.82) is 0 Å². The van der Waals surface area contributed by atoms with Crippen LogP contribution in [0.15, 0.2) is 11.1 Å². The first-order chi connectivity index (χ1) is 30.3. The van der Waals surface area contributed by atoms with Gasteiger partial charge >= 0.3 is 47.6 Å². The van der Waals surface area contributed by atoms with E-state index in [2.05, 4.69) is 183 Å². The van der Waals surface area contributed by atoms with Crippen molar-refractivity contribution in [2.75, 3.05) is 0 Å². The molecule has 2 unspecified atom stereocenters. The van der Waals surface area contributed by atoms with Gasteiger partial charge in [-0.05, 0) is 221 Å². The average molecular weight is 1230 g/mol. The Morgan fingerprint density at radius 3 is 0.629 bits per heavy atom. The number of hydrogen-bond donors (Lipinski definition) is 2. The summed E-state index contributed by atoms with van der Waals surface area (Å²) in [7, 11) is -38.8. The lowest BCUT2D eigenvalue weighted by Gasteiger charge is -2.46. The molecule has 416 valence electrons. The molecule has 0 aliphatic heterocycles. The van der Waals surface area contributed by atoms with Crippen molar-refractivity contribution in [3.8, 4) is 0 Å². The summed E-state index contributed by atoms with van der Waals surface area (Å²) in [6.45, 7) is 62.3. The molecule has 30 heteroatoms. The summed E-state index contributed by atoms with van der Waals surface area (Å²) in [4.78, 5) is 25.9. The van der Waals surface area contributed by atoms with Crippen LogP contribution in [-0.2, 0) is 59.0 Å². The Morgan fingerprint density at radius 2 is 0.471 bits per heavy atom. The third-order valence-corrected chi connectivity index (χ3v) is 52.4. The molecule has 0 aliphatic rings. The Morgan fingerprint density at radius 1 is 0.286 bits per heavy atom. The quantitative estimate of drug-likeness (QED) is 0.0457. The summed E-state index contributed by atoms with van der Waals surface area (Å²) in [6.07, 6.45) is 0.890. The van der Waals surface area contributed by atoms with E-state index in [9.17, 15) is 19.8 Å². The summed E-state index contributed by atoms with van der Waals surface area (Å²) in [5.41, 5.74) is -0.213. The lowest BCUT2D eigenvalue weighted by atomic mass is 10.00. The molecule has 0 heterocycles. The summed E-state index contributed by atoms with van der Waals surface area (Å²) in [6, 6.07) is 1.04. The van der Waals surface area contributed by atoms with Crippen LogP contribution in [-0.4, -0.2) is 141 Å². The molecule has 0 rings (SSSR count). The molecule has 0 spiro atoms. The zero-order valence-corrected chi connectivity index (χ0v) is 63.9. The minimum absolute atomic E-state index is 0.0534. The van der Waals surface area contributed by atoms with Gasteiger partial charge in [0, 0.05) is 24.2 Å². The van der Waals surface area contributed by atoms with Crippen LogP contribution in [0, 0.1) is 0 Å². The van der Waals surface area contributed by atoms with Gasteiger partial charge in [-0.15, -0.1) is 0 Å². The standard InChI is InChI=1S/C40H104O16Si14/c1-57(2,3)45-67(29,55-69(47-59(7,8)9,48-60(10,11)12)49-61(13,14)15)53-65(25,26)35-31-33-37(39(41)42)38(40(43)44)34-32-36-66(27,28)54-68(30,46-58(4,5)6)56-70(50-62(16,17)18,51-63(19,20)21)52-64(22,23)24/h31-36H2,1-30H3,(H,41,42)(H,43,44). The van der Waals surface area contributed by atoms with Gasteiger partial charge in [0.15, 0.2) is 83.2 Å². The van der Waals surface area contributed by atoms with Gasteiger partial charge in [-0.25, -0.2) is 9.59 Å². The Bertz CT molecular complexity index is 1530. The van der Waals surface area contributed by atoms with Gasteiger partial charge in [0.1, 0.15) is 0 Å². The van der Waals surface area contributed by atoms with Gasteiger partial charge < -0.3 is 59.6 Å². The summed E-state index contributed by atoms with van der Waals surface area (Å²) in [5.74, 6) is -2.49. The molecule has 0 aromatic heterocycles. The fourth-order valence-corrected chi connectivity index (χ4v) is 58.6. The van der Waals surface area contributed by atoms with Crippen LogP contribution in [0.3, 0.4) is 0 Å². The molecule has 70 heavy (non-hydrogen) atoms. The SMILES string of the molecule is C[Si](C)(C)O[Si](C)(O[Si](C)(C)CCCC(C(=O)O)=C(CCC[Si](C)(C)O[Si](C)(O[Si](C)(C)C)O[Si](O[Si](C)(C)C)(O[Si](C)(C)C)O[Si](C)(C)C)C(=O)O)O[Si](O[Si](C)(C)C)(O[Si](C)(C)C)O[Si](C)(C)C.